The largest absolute Gasteiger partial charge is 0.492 e. The van der Waals surface area contributed by atoms with Crippen LogP contribution in [-0.4, -0.2) is 35.1 Å². The second-order valence-corrected chi connectivity index (χ2v) is 6.85. The van der Waals surface area contributed by atoms with E-state index in [0.29, 0.717) is 25.4 Å². The highest BCUT2D eigenvalue weighted by Gasteiger charge is 2.47. The zero-order valence-electron chi connectivity index (χ0n) is 13.9. The Balaban J connectivity index is 1.64. The van der Waals surface area contributed by atoms with Crippen molar-refractivity contribution in [3.8, 4) is 5.75 Å². The van der Waals surface area contributed by atoms with Crippen molar-refractivity contribution >= 4 is 5.91 Å². The molecular formula is C19H20N2O3. The van der Waals surface area contributed by atoms with Gasteiger partial charge in [0.05, 0.1) is 12.0 Å². The Morgan fingerprint density at radius 3 is 2.92 bits per heavy atom. The third kappa shape index (κ3) is 2.15. The van der Waals surface area contributed by atoms with Crippen LogP contribution in [0.3, 0.4) is 0 Å². The van der Waals surface area contributed by atoms with Crippen LogP contribution in [0.1, 0.15) is 28.0 Å². The maximum absolute atomic E-state index is 12.9. The standard InChI is InChI=1S/C19H20N2O3/c1-13-6-7-16-14(10-13)19(12-24-16)8-9-21(11-19)18(23)15-4-3-5-17(22)20(15)2/h3-7,10H,8-9,11-12H2,1-2H3. The maximum Gasteiger partial charge on any atom is 0.270 e. The van der Waals surface area contributed by atoms with Crippen molar-refractivity contribution in [2.45, 2.75) is 18.8 Å². The van der Waals surface area contributed by atoms with Crippen molar-refractivity contribution in [1.82, 2.24) is 9.47 Å². The number of hydrogen-bond acceptors (Lipinski definition) is 3. The van der Waals surface area contributed by atoms with Crippen LogP contribution in [0.15, 0.2) is 41.2 Å². The van der Waals surface area contributed by atoms with E-state index in [9.17, 15) is 9.59 Å². The number of aryl methyl sites for hydroxylation is 1. The number of benzene rings is 1. The minimum Gasteiger partial charge on any atom is -0.492 e. The van der Waals surface area contributed by atoms with Gasteiger partial charge >= 0.3 is 0 Å². The molecule has 0 aliphatic carbocycles. The van der Waals surface area contributed by atoms with E-state index >= 15 is 0 Å². The Bertz CT molecular complexity index is 886. The van der Waals surface area contributed by atoms with Crippen LogP contribution in [0.2, 0.25) is 0 Å². The molecule has 1 unspecified atom stereocenters. The van der Waals surface area contributed by atoms with Crippen molar-refractivity contribution in [3.63, 3.8) is 0 Å². The summed E-state index contributed by atoms with van der Waals surface area (Å²) >= 11 is 0. The number of carbonyl (C=O) groups excluding carboxylic acids is 1. The molecule has 124 valence electrons. The van der Waals surface area contributed by atoms with E-state index in [-0.39, 0.29) is 16.9 Å². The number of ether oxygens (including phenoxy) is 1. The highest BCUT2D eigenvalue weighted by atomic mass is 16.5. The summed E-state index contributed by atoms with van der Waals surface area (Å²) in [6.07, 6.45) is 0.885. The van der Waals surface area contributed by atoms with Crippen molar-refractivity contribution in [2.75, 3.05) is 19.7 Å². The molecule has 1 amide bonds. The fourth-order valence-electron chi connectivity index (χ4n) is 3.80. The van der Waals surface area contributed by atoms with Crippen molar-refractivity contribution in [2.24, 2.45) is 7.05 Å². The van der Waals surface area contributed by atoms with Gasteiger partial charge in [0.25, 0.3) is 11.5 Å². The predicted octanol–water partition coefficient (Wildman–Crippen LogP) is 1.87. The Morgan fingerprint density at radius 1 is 1.25 bits per heavy atom. The molecule has 1 aromatic carbocycles. The van der Waals surface area contributed by atoms with Crippen LogP contribution in [-0.2, 0) is 12.5 Å². The molecule has 0 radical (unpaired) electrons. The summed E-state index contributed by atoms with van der Waals surface area (Å²) in [5.41, 5.74) is 2.56. The molecular weight excluding hydrogens is 304 g/mol. The fraction of sp³-hybridized carbons (Fsp3) is 0.368. The molecule has 0 bridgehead atoms. The summed E-state index contributed by atoms with van der Waals surface area (Å²) in [5.74, 6) is 0.843. The number of aromatic nitrogens is 1. The van der Waals surface area contributed by atoms with Gasteiger partial charge in [0.2, 0.25) is 0 Å². The second-order valence-electron chi connectivity index (χ2n) is 6.85. The molecule has 2 aliphatic rings. The van der Waals surface area contributed by atoms with Crippen LogP contribution in [0.4, 0.5) is 0 Å². The van der Waals surface area contributed by atoms with Crippen LogP contribution in [0.25, 0.3) is 0 Å². The molecule has 5 heteroatoms. The Hall–Kier alpha value is -2.56. The molecule has 2 aromatic rings. The van der Waals surface area contributed by atoms with Crippen LogP contribution >= 0.6 is 0 Å². The maximum atomic E-state index is 12.9. The normalized spacial score (nSPS) is 21.8. The van der Waals surface area contributed by atoms with E-state index in [2.05, 4.69) is 19.1 Å². The smallest absolute Gasteiger partial charge is 0.270 e. The Morgan fingerprint density at radius 2 is 2.08 bits per heavy atom. The zero-order chi connectivity index (χ0) is 16.9. The van der Waals surface area contributed by atoms with Gasteiger partial charge in [-0.15, -0.1) is 0 Å². The number of likely N-dealkylation sites (tertiary alicyclic amines) is 1. The number of hydrogen-bond donors (Lipinski definition) is 0. The van der Waals surface area contributed by atoms with E-state index in [1.54, 1.807) is 19.2 Å². The monoisotopic (exact) mass is 324 g/mol. The minimum atomic E-state index is -0.167. The molecule has 3 heterocycles. The average molecular weight is 324 g/mol. The Labute approximate surface area is 140 Å². The summed E-state index contributed by atoms with van der Waals surface area (Å²) in [6, 6.07) is 11.1. The zero-order valence-corrected chi connectivity index (χ0v) is 13.9. The number of nitrogens with zero attached hydrogens (tertiary/aromatic N) is 2. The SMILES string of the molecule is Cc1ccc2c(c1)C1(CCN(C(=O)c3cccc(=O)n3C)C1)CO2. The van der Waals surface area contributed by atoms with E-state index in [0.717, 1.165) is 12.2 Å². The first-order chi connectivity index (χ1) is 11.5. The van der Waals surface area contributed by atoms with E-state index in [1.165, 1.54) is 21.8 Å². The Kier molecular flexibility index (Phi) is 3.27. The summed E-state index contributed by atoms with van der Waals surface area (Å²) in [7, 11) is 1.64. The molecule has 1 atom stereocenters. The predicted molar refractivity (Wildman–Crippen MR) is 90.6 cm³/mol. The average Bonchev–Trinajstić information content (AvgIpc) is 3.15. The molecule has 5 nitrogen and oxygen atoms in total. The first-order valence-electron chi connectivity index (χ1n) is 8.19. The summed E-state index contributed by atoms with van der Waals surface area (Å²) in [6.45, 7) is 4.00. The summed E-state index contributed by atoms with van der Waals surface area (Å²) in [5, 5.41) is 0. The van der Waals surface area contributed by atoms with Crippen LogP contribution in [0, 0.1) is 6.92 Å². The second kappa shape index (κ2) is 5.23. The highest BCUT2D eigenvalue weighted by molar-refractivity contribution is 5.93. The van der Waals surface area contributed by atoms with Gasteiger partial charge in [-0.25, -0.2) is 0 Å². The molecule has 4 rings (SSSR count). The topological polar surface area (TPSA) is 51.5 Å². The molecule has 0 saturated carbocycles. The van der Waals surface area contributed by atoms with E-state index < -0.39 is 0 Å². The number of rotatable bonds is 1. The molecule has 1 saturated heterocycles. The first kappa shape index (κ1) is 15.0. The quantitative estimate of drug-likeness (QED) is 0.805. The fourth-order valence-corrected chi connectivity index (χ4v) is 3.80. The molecule has 2 aliphatic heterocycles. The van der Waals surface area contributed by atoms with Crippen LogP contribution in [0.5, 0.6) is 5.75 Å². The summed E-state index contributed by atoms with van der Waals surface area (Å²) < 4.78 is 7.29. The van der Waals surface area contributed by atoms with Crippen molar-refractivity contribution in [1.29, 1.82) is 0 Å². The van der Waals surface area contributed by atoms with Gasteiger partial charge in [-0.2, -0.15) is 0 Å². The van der Waals surface area contributed by atoms with E-state index in [1.807, 2.05) is 11.0 Å². The molecule has 1 fully saturated rings. The lowest BCUT2D eigenvalue weighted by Crippen LogP contribution is -2.37. The van der Waals surface area contributed by atoms with E-state index in [4.69, 9.17) is 4.74 Å². The minimum absolute atomic E-state index is 0.0896. The van der Waals surface area contributed by atoms with Crippen molar-refractivity contribution in [3.05, 3.63) is 63.6 Å². The number of amides is 1. The van der Waals surface area contributed by atoms with Gasteiger partial charge in [0.1, 0.15) is 11.4 Å². The van der Waals surface area contributed by atoms with Gasteiger partial charge in [-0.05, 0) is 25.5 Å². The third-order valence-electron chi connectivity index (χ3n) is 5.26. The molecule has 1 spiro atoms. The van der Waals surface area contributed by atoms with Crippen molar-refractivity contribution < 1.29 is 9.53 Å². The van der Waals surface area contributed by atoms with Gasteiger partial charge < -0.3 is 14.2 Å². The lowest BCUT2D eigenvalue weighted by molar-refractivity contribution is 0.0770. The lowest BCUT2D eigenvalue weighted by Gasteiger charge is -2.23. The van der Waals surface area contributed by atoms with Crippen LogP contribution < -0.4 is 10.3 Å². The van der Waals surface area contributed by atoms with Gasteiger partial charge in [-0.3, -0.25) is 9.59 Å². The summed E-state index contributed by atoms with van der Waals surface area (Å²) in [4.78, 5) is 26.5. The number of fused-ring (bicyclic) bond motifs is 2. The number of carbonyl (C=O) groups is 1. The molecule has 1 aromatic heterocycles. The van der Waals surface area contributed by atoms with Gasteiger partial charge in [0, 0.05) is 31.8 Å². The van der Waals surface area contributed by atoms with Gasteiger partial charge in [-0.1, -0.05) is 23.8 Å². The lowest BCUT2D eigenvalue weighted by atomic mass is 9.81. The first-order valence-corrected chi connectivity index (χ1v) is 8.19. The highest BCUT2D eigenvalue weighted by Crippen LogP contribution is 2.45. The molecule has 24 heavy (non-hydrogen) atoms. The van der Waals surface area contributed by atoms with Gasteiger partial charge in [0.15, 0.2) is 0 Å². The number of pyridine rings is 1. The third-order valence-corrected chi connectivity index (χ3v) is 5.26. The molecule has 0 N–H and O–H groups in total.